The van der Waals surface area contributed by atoms with Crippen LogP contribution in [0, 0.1) is 5.41 Å². The van der Waals surface area contributed by atoms with Crippen LogP contribution in [0.1, 0.15) is 38.5 Å². The van der Waals surface area contributed by atoms with Gasteiger partial charge in [-0.3, -0.25) is 4.79 Å². The fourth-order valence-electron chi connectivity index (χ4n) is 3.08. The molecule has 112 valence electrons. The molecule has 8 heteroatoms. The van der Waals surface area contributed by atoms with Crippen LogP contribution in [0.3, 0.4) is 0 Å². The van der Waals surface area contributed by atoms with Crippen molar-refractivity contribution >= 4 is 22.4 Å². The van der Waals surface area contributed by atoms with E-state index in [4.69, 9.17) is 0 Å². The summed E-state index contributed by atoms with van der Waals surface area (Å²) in [6, 6.07) is 0. The van der Waals surface area contributed by atoms with E-state index in [0.29, 0.717) is 18.1 Å². The normalized spacial score (nSPS) is 17.5. The van der Waals surface area contributed by atoms with Gasteiger partial charge < -0.3 is 5.32 Å². The maximum atomic E-state index is 12.3. The predicted molar refractivity (Wildman–Crippen MR) is 78.7 cm³/mol. The zero-order chi connectivity index (χ0) is 14.5. The van der Waals surface area contributed by atoms with E-state index >= 15 is 0 Å². The van der Waals surface area contributed by atoms with Crippen molar-refractivity contribution in [3.63, 3.8) is 0 Å². The van der Waals surface area contributed by atoms with E-state index in [1.165, 1.54) is 17.8 Å². The first-order valence-corrected chi connectivity index (χ1v) is 8.04. The van der Waals surface area contributed by atoms with Crippen LogP contribution < -0.4 is 5.32 Å². The number of nitrogens with zero attached hydrogens (tertiary/aromatic N) is 5. The monoisotopic (exact) mass is 306 g/mol. The molecule has 0 radical (unpaired) electrons. The topological polar surface area (TPSA) is 85.6 Å². The third-order valence-corrected chi connectivity index (χ3v) is 4.71. The Hall–Kier alpha value is -1.83. The second kappa shape index (κ2) is 6.30. The average Bonchev–Trinajstić information content (AvgIpc) is 3.13. The molecule has 21 heavy (non-hydrogen) atoms. The van der Waals surface area contributed by atoms with Gasteiger partial charge in [0.25, 0.3) is 0 Å². The second-order valence-electron chi connectivity index (χ2n) is 5.63. The van der Waals surface area contributed by atoms with Gasteiger partial charge in [-0.15, -0.1) is 16.4 Å². The summed E-state index contributed by atoms with van der Waals surface area (Å²) in [6.45, 7) is 0.700. The largest absolute Gasteiger partial charge is 0.302 e. The summed E-state index contributed by atoms with van der Waals surface area (Å²) in [4.78, 5) is 16.4. The van der Waals surface area contributed by atoms with Crippen molar-refractivity contribution in [2.75, 3.05) is 5.32 Å². The number of carbonyl (C=O) groups excluding carboxylic acids is 1. The molecule has 1 saturated carbocycles. The van der Waals surface area contributed by atoms with Gasteiger partial charge in [0.2, 0.25) is 5.91 Å². The molecule has 2 heterocycles. The Morgan fingerprint density at radius 2 is 2.24 bits per heavy atom. The van der Waals surface area contributed by atoms with Crippen LogP contribution in [-0.4, -0.2) is 31.1 Å². The van der Waals surface area contributed by atoms with E-state index in [1.807, 2.05) is 5.38 Å². The van der Waals surface area contributed by atoms with E-state index in [9.17, 15) is 4.79 Å². The summed E-state index contributed by atoms with van der Waals surface area (Å²) >= 11 is 1.44. The highest BCUT2D eigenvalue weighted by Crippen LogP contribution is 2.40. The number of carbonyl (C=O) groups is 1. The van der Waals surface area contributed by atoms with Gasteiger partial charge in [-0.1, -0.05) is 19.3 Å². The SMILES string of the molecule is O=C(CC1(Cn2cnnn2)CCCCC1)Nc1nccs1. The lowest BCUT2D eigenvalue weighted by atomic mass is 9.71. The molecule has 1 N–H and O–H groups in total. The van der Waals surface area contributed by atoms with Crippen LogP contribution >= 0.6 is 11.3 Å². The summed E-state index contributed by atoms with van der Waals surface area (Å²) in [5.74, 6) is 0.0277. The summed E-state index contributed by atoms with van der Waals surface area (Å²) in [5.41, 5.74) is -0.0467. The smallest absolute Gasteiger partial charge is 0.226 e. The number of rotatable bonds is 5. The maximum Gasteiger partial charge on any atom is 0.226 e. The number of hydrogen-bond acceptors (Lipinski definition) is 6. The van der Waals surface area contributed by atoms with Crippen molar-refractivity contribution in [3.8, 4) is 0 Å². The standard InChI is InChI=1S/C13H18N6OS/c20-11(16-12-14-6-7-21-12)8-13(4-2-1-3-5-13)9-19-10-15-17-18-19/h6-7,10H,1-5,8-9H2,(H,14,16,20). The molecule has 1 fully saturated rings. The molecule has 0 spiro atoms. The number of nitrogens with one attached hydrogen (secondary N) is 1. The van der Waals surface area contributed by atoms with Crippen molar-refractivity contribution in [1.29, 1.82) is 0 Å². The summed E-state index contributed by atoms with van der Waals surface area (Å²) < 4.78 is 1.74. The number of hydrogen-bond donors (Lipinski definition) is 1. The minimum Gasteiger partial charge on any atom is -0.302 e. The highest BCUT2D eigenvalue weighted by Gasteiger charge is 2.35. The van der Waals surface area contributed by atoms with E-state index in [1.54, 1.807) is 17.2 Å². The fourth-order valence-corrected chi connectivity index (χ4v) is 3.62. The first-order chi connectivity index (χ1) is 10.3. The van der Waals surface area contributed by atoms with Crippen molar-refractivity contribution in [2.24, 2.45) is 5.41 Å². The Kier molecular flexibility index (Phi) is 4.23. The van der Waals surface area contributed by atoms with Crippen LogP contribution in [0.25, 0.3) is 0 Å². The number of thiazole rings is 1. The second-order valence-corrected chi connectivity index (χ2v) is 6.52. The number of amides is 1. The van der Waals surface area contributed by atoms with Gasteiger partial charge >= 0.3 is 0 Å². The van der Waals surface area contributed by atoms with Gasteiger partial charge in [0, 0.05) is 18.0 Å². The van der Waals surface area contributed by atoms with Gasteiger partial charge in [-0.2, -0.15) is 0 Å². The molecule has 3 rings (SSSR count). The van der Waals surface area contributed by atoms with Crippen molar-refractivity contribution in [3.05, 3.63) is 17.9 Å². The number of anilines is 1. The lowest BCUT2D eigenvalue weighted by Crippen LogP contribution is -2.34. The third kappa shape index (κ3) is 3.63. The van der Waals surface area contributed by atoms with Crippen LogP contribution in [0.15, 0.2) is 17.9 Å². The van der Waals surface area contributed by atoms with E-state index in [0.717, 1.165) is 25.7 Å². The zero-order valence-electron chi connectivity index (χ0n) is 11.7. The maximum absolute atomic E-state index is 12.3. The van der Waals surface area contributed by atoms with Crippen molar-refractivity contribution < 1.29 is 4.79 Å². The molecule has 0 unspecified atom stereocenters. The van der Waals surface area contributed by atoms with Crippen LogP contribution in [0.5, 0.6) is 0 Å². The first-order valence-electron chi connectivity index (χ1n) is 7.16. The van der Waals surface area contributed by atoms with Crippen LogP contribution in [0.4, 0.5) is 5.13 Å². The molecule has 0 saturated heterocycles. The molecule has 0 bridgehead atoms. The lowest BCUT2D eigenvalue weighted by molar-refractivity contribution is -0.119. The Morgan fingerprint density at radius 1 is 1.38 bits per heavy atom. The quantitative estimate of drug-likeness (QED) is 0.914. The summed E-state index contributed by atoms with van der Waals surface area (Å²) in [7, 11) is 0. The molecule has 1 amide bonds. The zero-order valence-corrected chi connectivity index (χ0v) is 12.6. The summed E-state index contributed by atoms with van der Waals surface area (Å²) in [5, 5.41) is 16.7. The Labute approximate surface area is 126 Å². The molecular formula is C13H18N6OS. The minimum atomic E-state index is -0.0467. The third-order valence-electron chi connectivity index (χ3n) is 4.02. The molecular weight excluding hydrogens is 288 g/mol. The van der Waals surface area contributed by atoms with Gasteiger partial charge in [0.1, 0.15) is 6.33 Å². The van der Waals surface area contributed by atoms with Gasteiger partial charge in [-0.25, -0.2) is 9.67 Å². The predicted octanol–water partition coefficient (Wildman–Crippen LogP) is 2.11. The average molecular weight is 306 g/mol. The number of tetrazole rings is 1. The summed E-state index contributed by atoms with van der Waals surface area (Å²) in [6.07, 6.45) is 9.44. The van der Waals surface area contributed by atoms with E-state index in [-0.39, 0.29) is 11.3 Å². The Bertz CT molecular complexity index is 562. The van der Waals surface area contributed by atoms with Crippen LogP contribution in [-0.2, 0) is 11.3 Å². The van der Waals surface area contributed by atoms with Crippen LogP contribution in [0.2, 0.25) is 0 Å². The van der Waals surface area contributed by atoms with Crippen molar-refractivity contribution in [1.82, 2.24) is 25.2 Å². The van der Waals surface area contributed by atoms with Gasteiger partial charge in [-0.05, 0) is 28.7 Å². The molecule has 2 aromatic heterocycles. The molecule has 7 nitrogen and oxygen atoms in total. The Morgan fingerprint density at radius 3 is 2.90 bits per heavy atom. The molecule has 0 aromatic carbocycles. The number of aromatic nitrogens is 5. The fraction of sp³-hybridized carbons (Fsp3) is 0.615. The highest BCUT2D eigenvalue weighted by molar-refractivity contribution is 7.13. The van der Waals surface area contributed by atoms with Gasteiger partial charge in [0.15, 0.2) is 5.13 Å². The van der Waals surface area contributed by atoms with E-state index in [2.05, 4.69) is 25.8 Å². The van der Waals surface area contributed by atoms with Crippen molar-refractivity contribution in [2.45, 2.75) is 45.1 Å². The molecule has 0 aliphatic heterocycles. The molecule has 0 atom stereocenters. The molecule has 1 aliphatic rings. The van der Waals surface area contributed by atoms with E-state index < -0.39 is 0 Å². The first kappa shape index (κ1) is 14.1. The lowest BCUT2D eigenvalue weighted by Gasteiger charge is -2.36. The van der Waals surface area contributed by atoms with Gasteiger partial charge in [0.05, 0.1) is 6.54 Å². The highest BCUT2D eigenvalue weighted by atomic mass is 32.1. The molecule has 1 aliphatic carbocycles. The molecule has 2 aromatic rings. The Balaban J connectivity index is 1.68. The minimum absolute atomic E-state index is 0.0277.